The lowest BCUT2D eigenvalue weighted by Gasteiger charge is -2.35. The summed E-state index contributed by atoms with van der Waals surface area (Å²) in [6.07, 6.45) is 2.21. The number of aromatic nitrogens is 2. The molecule has 1 aromatic carbocycles. The van der Waals surface area contributed by atoms with E-state index in [1.54, 1.807) is 12.3 Å². The molecule has 0 saturated carbocycles. The molecule has 1 aliphatic heterocycles. The highest BCUT2D eigenvalue weighted by molar-refractivity contribution is 14.1. The van der Waals surface area contributed by atoms with Crippen molar-refractivity contribution >= 4 is 28.5 Å². The predicted octanol–water partition coefficient (Wildman–Crippen LogP) is 2.81. The van der Waals surface area contributed by atoms with Gasteiger partial charge in [0.2, 0.25) is 5.91 Å². The molecule has 0 N–H and O–H groups in total. The zero-order chi connectivity index (χ0) is 18.7. The zero-order valence-corrected chi connectivity index (χ0v) is 16.7. The highest BCUT2D eigenvalue weighted by atomic mass is 127. The van der Waals surface area contributed by atoms with E-state index in [9.17, 15) is 13.6 Å². The highest BCUT2D eigenvalue weighted by Crippen LogP contribution is 2.16. The van der Waals surface area contributed by atoms with E-state index in [-0.39, 0.29) is 5.91 Å². The van der Waals surface area contributed by atoms with E-state index in [2.05, 4.69) is 27.7 Å². The number of carbonyl (C=O) groups excluding carboxylic acids is 1. The van der Waals surface area contributed by atoms with Gasteiger partial charge in [-0.05, 0) is 35.6 Å². The van der Waals surface area contributed by atoms with E-state index in [1.807, 2.05) is 21.4 Å². The normalized spacial score (nSPS) is 15.5. The lowest BCUT2D eigenvalue weighted by atomic mass is 10.1. The van der Waals surface area contributed by atoms with Crippen LogP contribution in [0.15, 0.2) is 24.4 Å². The first-order chi connectivity index (χ1) is 12.5. The minimum Gasteiger partial charge on any atom is -0.340 e. The second-order valence-electron chi connectivity index (χ2n) is 6.42. The molecule has 0 radical (unpaired) electrons. The topological polar surface area (TPSA) is 41.4 Å². The second kappa shape index (κ2) is 8.43. The van der Waals surface area contributed by atoms with Crippen molar-refractivity contribution in [2.45, 2.75) is 26.4 Å². The fourth-order valence-electron chi connectivity index (χ4n) is 3.08. The first kappa shape index (κ1) is 19.2. The molecular formula is C18H21F2IN4O. The van der Waals surface area contributed by atoms with Gasteiger partial charge in [-0.3, -0.25) is 14.4 Å². The van der Waals surface area contributed by atoms with Gasteiger partial charge in [-0.15, -0.1) is 0 Å². The van der Waals surface area contributed by atoms with E-state index in [0.29, 0.717) is 51.3 Å². The van der Waals surface area contributed by atoms with Gasteiger partial charge in [0, 0.05) is 56.9 Å². The molecule has 0 atom stereocenters. The molecule has 1 aliphatic rings. The minimum absolute atomic E-state index is 0.103. The van der Waals surface area contributed by atoms with Gasteiger partial charge >= 0.3 is 0 Å². The third kappa shape index (κ3) is 4.40. The Morgan fingerprint density at radius 1 is 1.23 bits per heavy atom. The standard InChI is InChI=1S/C18H21F2IN4O/c1-13-16(21)11-22-25(13)6-5-17(26)24-9-7-23(8-10-24)12-14-3-2-4-15(19)18(14)20/h2-4,11H,5-10,12H2,1H3. The molecule has 140 valence electrons. The second-order valence-corrected chi connectivity index (χ2v) is 7.58. The third-order valence-electron chi connectivity index (χ3n) is 4.73. The van der Waals surface area contributed by atoms with E-state index in [0.717, 1.165) is 15.3 Å². The third-order valence-corrected chi connectivity index (χ3v) is 5.79. The van der Waals surface area contributed by atoms with Crippen LogP contribution >= 0.6 is 22.6 Å². The lowest BCUT2D eigenvalue weighted by Crippen LogP contribution is -2.48. The summed E-state index contributed by atoms with van der Waals surface area (Å²) in [4.78, 5) is 16.3. The Labute approximate surface area is 165 Å². The molecule has 3 rings (SSSR count). The monoisotopic (exact) mass is 474 g/mol. The van der Waals surface area contributed by atoms with Crippen LogP contribution in [0.5, 0.6) is 0 Å². The number of carbonyl (C=O) groups is 1. The summed E-state index contributed by atoms with van der Waals surface area (Å²) < 4.78 is 30.0. The van der Waals surface area contributed by atoms with Crippen molar-refractivity contribution in [1.29, 1.82) is 0 Å². The molecule has 1 aromatic heterocycles. The first-order valence-corrected chi connectivity index (χ1v) is 9.64. The van der Waals surface area contributed by atoms with Crippen LogP contribution in [0.4, 0.5) is 8.78 Å². The van der Waals surface area contributed by atoms with Crippen LogP contribution < -0.4 is 0 Å². The average molecular weight is 474 g/mol. The van der Waals surface area contributed by atoms with Crippen LogP contribution in [0, 0.1) is 22.1 Å². The molecule has 1 saturated heterocycles. The van der Waals surface area contributed by atoms with Gasteiger partial charge in [0.25, 0.3) is 0 Å². The summed E-state index contributed by atoms with van der Waals surface area (Å²) in [5.74, 6) is -1.50. The predicted molar refractivity (Wildman–Crippen MR) is 103 cm³/mol. The number of nitrogens with zero attached hydrogens (tertiary/aromatic N) is 4. The molecule has 1 amide bonds. The molecule has 0 unspecified atom stereocenters. The number of rotatable bonds is 5. The molecule has 8 heteroatoms. The Balaban J connectivity index is 1.48. The Morgan fingerprint density at radius 3 is 2.62 bits per heavy atom. The highest BCUT2D eigenvalue weighted by Gasteiger charge is 2.22. The van der Waals surface area contributed by atoms with Crippen molar-refractivity contribution in [3.63, 3.8) is 0 Å². The van der Waals surface area contributed by atoms with Gasteiger partial charge in [0.15, 0.2) is 11.6 Å². The SMILES string of the molecule is Cc1c(I)cnn1CCC(=O)N1CCN(Cc2cccc(F)c2F)CC1. The molecule has 1 fully saturated rings. The number of benzene rings is 1. The molecule has 5 nitrogen and oxygen atoms in total. The Bertz CT molecular complexity index is 787. The summed E-state index contributed by atoms with van der Waals surface area (Å²) in [5.41, 5.74) is 1.42. The number of hydrogen-bond acceptors (Lipinski definition) is 3. The van der Waals surface area contributed by atoms with Crippen molar-refractivity contribution in [3.05, 3.63) is 50.9 Å². The summed E-state index contributed by atoms with van der Waals surface area (Å²) in [5, 5.41) is 4.27. The van der Waals surface area contributed by atoms with E-state index >= 15 is 0 Å². The zero-order valence-electron chi connectivity index (χ0n) is 14.6. The van der Waals surface area contributed by atoms with Crippen molar-refractivity contribution in [2.24, 2.45) is 0 Å². The summed E-state index contributed by atoms with van der Waals surface area (Å²) >= 11 is 2.23. The maximum Gasteiger partial charge on any atom is 0.224 e. The van der Waals surface area contributed by atoms with Gasteiger partial charge < -0.3 is 4.90 Å². The quantitative estimate of drug-likeness (QED) is 0.627. The van der Waals surface area contributed by atoms with Gasteiger partial charge in [-0.25, -0.2) is 8.78 Å². The van der Waals surface area contributed by atoms with Crippen LogP contribution in [-0.4, -0.2) is 51.7 Å². The van der Waals surface area contributed by atoms with Crippen molar-refractivity contribution in [3.8, 4) is 0 Å². The van der Waals surface area contributed by atoms with Gasteiger partial charge in [-0.1, -0.05) is 12.1 Å². The van der Waals surface area contributed by atoms with Crippen LogP contribution in [0.25, 0.3) is 0 Å². The molecule has 2 heterocycles. The maximum atomic E-state index is 13.8. The van der Waals surface area contributed by atoms with E-state index in [4.69, 9.17) is 0 Å². The van der Waals surface area contributed by atoms with E-state index < -0.39 is 11.6 Å². The maximum absolute atomic E-state index is 13.8. The average Bonchev–Trinajstić information content (AvgIpc) is 2.96. The minimum atomic E-state index is -0.820. The number of piperazine rings is 1. The summed E-state index contributed by atoms with van der Waals surface area (Å²) in [6.45, 7) is 5.43. The van der Waals surface area contributed by atoms with Crippen LogP contribution in [-0.2, 0) is 17.9 Å². The van der Waals surface area contributed by atoms with Gasteiger partial charge in [-0.2, -0.15) is 5.10 Å². The number of aryl methyl sites for hydroxylation is 1. The summed E-state index contributed by atoms with van der Waals surface area (Å²) in [7, 11) is 0. The van der Waals surface area contributed by atoms with Gasteiger partial charge in [0.05, 0.1) is 9.77 Å². The molecule has 0 aliphatic carbocycles. The Kier molecular flexibility index (Phi) is 6.23. The fourth-order valence-corrected chi connectivity index (χ4v) is 3.48. The fraction of sp³-hybridized carbons (Fsp3) is 0.444. The number of hydrogen-bond donors (Lipinski definition) is 0. The lowest BCUT2D eigenvalue weighted by molar-refractivity contribution is -0.133. The van der Waals surface area contributed by atoms with Crippen molar-refractivity contribution in [2.75, 3.05) is 26.2 Å². The largest absolute Gasteiger partial charge is 0.340 e. The molecule has 0 bridgehead atoms. The number of amides is 1. The van der Waals surface area contributed by atoms with Crippen LogP contribution in [0.1, 0.15) is 17.7 Å². The number of halogens is 3. The van der Waals surface area contributed by atoms with Crippen molar-refractivity contribution in [1.82, 2.24) is 19.6 Å². The molecule has 0 spiro atoms. The van der Waals surface area contributed by atoms with Crippen molar-refractivity contribution < 1.29 is 13.6 Å². The van der Waals surface area contributed by atoms with Crippen LogP contribution in [0.3, 0.4) is 0 Å². The molecular weight excluding hydrogens is 453 g/mol. The van der Waals surface area contributed by atoms with Crippen LogP contribution in [0.2, 0.25) is 0 Å². The Morgan fingerprint density at radius 2 is 1.96 bits per heavy atom. The molecule has 2 aromatic rings. The summed E-state index contributed by atoms with van der Waals surface area (Å²) in [6, 6.07) is 4.24. The first-order valence-electron chi connectivity index (χ1n) is 8.56. The molecule has 26 heavy (non-hydrogen) atoms. The van der Waals surface area contributed by atoms with E-state index in [1.165, 1.54) is 6.07 Å². The Hall–Kier alpha value is -1.55. The smallest absolute Gasteiger partial charge is 0.224 e. The van der Waals surface area contributed by atoms with Gasteiger partial charge in [0.1, 0.15) is 0 Å².